The molecule has 0 N–H and O–H groups in total. The molecule has 1 heterocycles. The Hall–Kier alpha value is -7.68. The third kappa shape index (κ3) is 4.82. The van der Waals surface area contributed by atoms with E-state index in [1.807, 2.05) is 0 Å². The van der Waals surface area contributed by atoms with Crippen LogP contribution >= 0.6 is 0 Å². The molecule has 1 aromatic heterocycles. The second kappa shape index (κ2) is 13.4. The molecule has 2 heteroatoms. The Labute approximate surface area is 350 Å². The predicted octanol–water partition coefficient (Wildman–Crippen LogP) is 14.6. The Morgan fingerprint density at radius 1 is 0.300 bits per heavy atom. The lowest BCUT2D eigenvalue weighted by molar-refractivity contribution is 0.616. The highest BCUT2D eigenvalue weighted by molar-refractivity contribution is 5.94. The molecule has 0 radical (unpaired) electrons. The molecule has 0 unspecified atom stereocenters. The summed E-state index contributed by atoms with van der Waals surface area (Å²) in [6.07, 6.45) is 1.78. The van der Waals surface area contributed by atoms with Crippen LogP contribution in [0.4, 0.5) is 17.1 Å². The molecule has 2 aliphatic carbocycles. The van der Waals surface area contributed by atoms with Gasteiger partial charge < -0.3 is 9.32 Å². The number of fused-ring (bicyclic) bond motifs is 7. The quantitative estimate of drug-likeness (QED) is 0.161. The van der Waals surface area contributed by atoms with Crippen molar-refractivity contribution in [2.75, 3.05) is 4.90 Å². The van der Waals surface area contributed by atoms with Crippen molar-refractivity contribution in [3.05, 3.63) is 281 Å². The molecule has 0 amide bonds. The van der Waals surface area contributed by atoms with Gasteiger partial charge >= 0.3 is 0 Å². The lowest BCUT2D eigenvalue weighted by Gasteiger charge is -2.35. The molecule has 2 nitrogen and oxygen atoms in total. The van der Waals surface area contributed by atoms with Gasteiger partial charge in [0.15, 0.2) is 0 Å². The van der Waals surface area contributed by atoms with Crippen LogP contribution in [0.2, 0.25) is 0 Å². The Morgan fingerprint density at radius 2 is 0.717 bits per heavy atom. The van der Waals surface area contributed by atoms with E-state index in [9.17, 15) is 0 Å². The van der Waals surface area contributed by atoms with E-state index < -0.39 is 10.8 Å². The minimum Gasteiger partial charge on any atom is -0.464 e. The molecule has 2 aliphatic rings. The molecule has 60 heavy (non-hydrogen) atoms. The first-order valence-corrected chi connectivity index (χ1v) is 20.7. The van der Waals surface area contributed by atoms with Gasteiger partial charge in [-0.3, -0.25) is 0 Å². The molecule has 0 bridgehead atoms. The predicted molar refractivity (Wildman–Crippen MR) is 246 cm³/mol. The van der Waals surface area contributed by atoms with Crippen molar-refractivity contribution in [3.8, 4) is 22.3 Å². The molecule has 12 rings (SSSR count). The molecular formula is C58H39NO. The highest BCUT2D eigenvalue weighted by Crippen LogP contribution is 2.59. The van der Waals surface area contributed by atoms with Gasteiger partial charge in [0.1, 0.15) is 5.58 Å². The molecule has 0 spiro atoms. The molecular weight excluding hydrogens is 727 g/mol. The van der Waals surface area contributed by atoms with Gasteiger partial charge in [0.05, 0.1) is 17.1 Å². The van der Waals surface area contributed by atoms with Gasteiger partial charge in [-0.2, -0.15) is 0 Å². The third-order valence-electron chi connectivity index (χ3n) is 13.1. The molecule has 0 atom stereocenters. The maximum Gasteiger partial charge on any atom is 0.133 e. The van der Waals surface area contributed by atoms with Gasteiger partial charge in [-0.25, -0.2) is 0 Å². The van der Waals surface area contributed by atoms with Gasteiger partial charge in [-0.05, 0) is 115 Å². The maximum absolute atomic E-state index is 5.87. The highest BCUT2D eigenvalue weighted by Gasteiger charge is 2.48. The van der Waals surface area contributed by atoms with E-state index in [1.165, 1.54) is 66.8 Å². The molecule has 10 aromatic rings. The Balaban J connectivity index is 1.13. The molecule has 0 saturated heterocycles. The van der Waals surface area contributed by atoms with Crippen LogP contribution in [0, 0.1) is 0 Å². The average molecular weight is 766 g/mol. The van der Waals surface area contributed by atoms with Gasteiger partial charge in [0.25, 0.3) is 0 Å². The zero-order valence-corrected chi connectivity index (χ0v) is 32.9. The Kier molecular flexibility index (Phi) is 7.70. The summed E-state index contributed by atoms with van der Waals surface area (Å²) < 4.78 is 5.87. The van der Waals surface area contributed by atoms with Crippen molar-refractivity contribution in [1.82, 2.24) is 0 Å². The van der Waals surface area contributed by atoms with Crippen LogP contribution < -0.4 is 4.90 Å². The number of benzene rings is 9. The van der Waals surface area contributed by atoms with Crippen molar-refractivity contribution >= 4 is 28.0 Å². The van der Waals surface area contributed by atoms with Crippen molar-refractivity contribution < 1.29 is 4.42 Å². The molecule has 0 saturated carbocycles. The summed E-state index contributed by atoms with van der Waals surface area (Å²) in [6, 6.07) is 84.9. The monoisotopic (exact) mass is 765 g/mol. The Morgan fingerprint density at radius 3 is 1.30 bits per heavy atom. The Bertz CT molecular complexity index is 3120. The minimum absolute atomic E-state index is 0.474. The summed E-state index contributed by atoms with van der Waals surface area (Å²) in [5.74, 6) is 0. The first-order chi connectivity index (χ1) is 29.8. The average Bonchev–Trinajstić information content (AvgIpc) is 4.00. The zero-order valence-electron chi connectivity index (χ0n) is 32.9. The number of furan rings is 1. The summed E-state index contributed by atoms with van der Waals surface area (Å²) in [6.45, 7) is 0. The van der Waals surface area contributed by atoms with Crippen LogP contribution in [0.1, 0.15) is 44.5 Å². The number of anilines is 3. The van der Waals surface area contributed by atoms with Crippen LogP contribution in [0.25, 0.3) is 33.2 Å². The number of nitrogens with zero attached hydrogens (tertiary/aromatic N) is 1. The summed E-state index contributed by atoms with van der Waals surface area (Å²) >= 11 is 0. The summed E-state index contributed by atoms with van der Waals surface area (Å²) in [5, 5.41) is 1.06. The van der Waals surface area contributed by atoms with Gasteiger partial charge in [-0.15, -0.1) is 0 Å². The summed E-state index contributed by atoms with van der Waals surface area (Å²) in [7, 11) is 0. The molecule has 282 valence electrons. The largest absolute Gasteiger partial charge is 0.464 e. The highest BCUT2D eigenvalue weighted by atomic mass is 16.3. The molecule has 9 aromatic carbocycles. The van der Waals surface area contributed by atoms with E-state index in [1.54, 1.807) is 6.26 Å². The molecule has 0 aliphatic heterocycles. The van der Waals surface area contributed by atoms with Crippen LogP contribution in [0.15, 0.2) is 241 Å². The zero-order chi connectivity index (χ0) is 39.7. The van der Waals surface area contributed by atoms with Gasteiger partial charge in [0.2, 0.25) is 0 Å². The minimum atomic E-state index is -0.521. The summed E-state index contributed by atoms with van der Waals surface area (Å²) in [5.41, 5.74) is 18.3. The van der Waals surface area contributed by atoms with Crippen LogP contribution in [-0.4, -0.2) is 0 Å². The van der Waals surface area contributed by atoms with Crippen LogP contribution in [0.5, 0.6) is 0 Å². The van der Waals surface area contributed by atoms with Crippen molar-refractivity contribution in [3.63, 3.8) is 0 Å². The lowest BCUT2D eigenvalue weighted by atomic mass is 9.67. The van der Waals surface area contributed by atoms with Gasteiger partial charge in [-0.1, -0.05) is 182 Å². The smallest absolute Gasteiger partial charge is 0.133 e. The van der Waals surface area contributed by atoms with E-state index in [4.69, 9.17) is 4.42 Å². The standard InChI is InChI=1S/C58H39NO/c1-5-17-41(18-6-1)57(42-19-7-2-8-20-42)53-28-16-14-26-49(53)51-38-46(30-33-54(51)57)59(45-31-34-56-40(37-45)35-36-60-56)47-29-32-50-48-25-13-15-27-52(48)58(55(50)39-47,43-21-9-3-10-22-43)44-23-11-4-12-24-44/h1-39H. The normalized spacial score (nSPS) is 13.9. The number of hydrogen-bond donors (Lipinski definition) is 0. The van der Waals surface area contributed by atoms with E-state index in [0.29, 0.717) is 0 Å². The topological polar surface area (TPSA) is 16.4 Å². The van der Waals surface area contributed by atoms with E-state index >= 15 is 0 Å². The first-order valence-electron chi connectivity index (χ1n) is 20.7. The number of hydrogen-bond acceptors (Lipinski definition) is 2. The second-order valence-electron chi connectivity index (χ2n) is 16.0. The van der Waals surface area contributed by atoms with Crippen molar-refractivity contribution in [1.29, 1.82) is 0 Å². The lowest BCUT2D eigenvalue weighted by Crippen LogP contribution is -2.28. The van der Waals surface area contributed by atoms with E-state index in [2.05, 4.69) is 235 Å². The van der Waals surface area contributed by atoms with Crippen LogP contribution in [0.3, 0.4) is 0 Å². The first kappa shape index (κ1) is 34.4. The fraction of sp³-hybridized carbons (Fsp3) is 0.0345. The van der Waals surface area contributed by atoms with Crippen molar-refractivity contribution in [2.24, 2.45) is 0 Å². The number of rotatable bonds is 7. The van der Waals surface area contributed by atoms with Gasteiger partial charge in [0, 0.05) is 22.4 Å². The SMILES string of the molecule is c1ccc(C2(c3ccccc3)c3ccccc3-c3cc(N(c4ccc5c(c4)C(c4ccccc4)(c4ccccc4)c4ccccc4-5)c4ccc5occc5c4)ccc32)cc1. The maximum atomic E-state index is 5.87. The third-order valence-corrected chi connectivity index (χ3v) is 13.1. The second-order valence-corrected chi connectivity index (χ2v) is 16.0. The molecule has 0 fully saturated rings. The summed E-state index contributed by atoms with van der Waals surface area (Å²) in [4.78, 5) is 2.43. The van der Waals surface area contributed by atoms with E-state index in [-0.39, 0.29) is 0 Å². The van der Waals surface area contributed by atoms with Crippen molar-refractivity contribution in [2.45, 2.75) is 10.8 Å². The fourth-order valence-corrected chi connectivity index (χ4v) is 10.7. The van der Waals surface area contributed by atoms with E-state index in [0.717, 1.165) is 28.0 Å². The fourth-order valence-electron chi connectivity index (χ4n) is 10.7. The van der Waals surface area contributed by atoms with Crippen LogP contribution in [-0.2, 0) is 10.8 Å².